The second-order valence-corrected chi connectivity index (χ2v) is 7.71. The van der Waals surface area contributed by atoms with Crippen LogP contribution in [0.5, 0.6) is 23.0 Å². The molecule has 1 saturated carbocycles. The van der Waals surface area contributed by atoms with Gasteiger partial charge in [0.2, 0.25) is 11.6 Å². The Kier molecular flexibility index (Phi) is 4.37. The molecule has 4 fully saturated rings. The van der Waals surface area contributed by atoms with Crippen LogP contribution in [0.2, 0.25) is 0 Å². The predicted octanol–water partition coefficient (Wildman–Crippen LogP) is 2.68. The average molecular weight is 448 g/mol. The molecule has 1 aliphatic carbocycles. The molecule has 2 aromatic rings. The van der Waals surface area contributed by atoms with Crippen LogP contribution >= 0.6 is 0 Å². The van der Waals surface area contributed by atoms with E-state index >= 15 is 0 Å². The number of hydrogen-bond donors (Lipinski definition) is 2. The molecule has 4 aliphatic rings. The second kappa shape index (κ2) is 6.91. The topological polar surface area (TPSA) is 173 Å². The van der Waals surface area contributed by atoms with Gasteiger partial charge in [0, 0.05) is 37.1 Å². The van der Waals surface area contributed by atoms with Crippen LogP contribution < -0.4 is 9.47 Å². The summed E-state index contributed by atoms with van der Waals surface area (Å²) in [7, 11) is 0. The third-order valence-corrected chi connectivity index (χ3v) is 5.44. The quantitative estimate of drug-likeness (QED) is 0.491. The summed E-state index contributed by atoms with van der Waals surface area (Å²) in [5.74, 6) is -3.38. The highest BCUT2D eigenvalue weighted by molar-refractivity contribution is 5.50. The largest absolute Gasteiger partial charge is 0.502 e. The van der Waals surface area contributed by atoms with Gasteiger partial charge in [-0.25, -0.2) is 0 Å². The monoisotopic (exact) mass is 448 g/mol. The zero-order valence-electron chi connectivity index (χ0n) is 16.2. The van der Waals surface area contributed by atoms with Gasteiger partial charge < -0.3 is 24.4 Å². The first kappa shape index (κ1) is 20.2. The Labute approximate surface area is 178 Å². The van der Waals surface area contributed by atoms with Crippen molar-refractivity contribution in [2.75, 3.05) is 0 Å². The summed E-state index contributed by atoms with van der Waals surface area (Å²) in [5.41, 5.74) is -0.929. The van der Waals surface area contributed by atoms with E-state index in [4.69, 9.17) is 23.7 Å². The molecule has 2 aromatic carbocycles. The van der Waals surface area contributed by atoms with E-state index in [9.17, 15) is 30.4 Å². The maximum absolute atomic E-state index is 10.9. The zero-order valence-corrected chi connectivity index (χ0v) is 16.2. The van der Waals surface area contributed by atoms with Gasteiger partial charge in [-0.1, -0.05) is 0 Å². The summed E-state index contributed by atoms with van der Waals surface area (Å²) in [6.07, 6.45) is 0.309. The van der Waals surface area contributed by atoms with Crippen LogP contribution in [-0.2, 0) is 14.2 Å². The number of phenolic OH excluding ortho intramolecular Hbond substituents is 2. The molecule has 3 aliphatic heterocycles. The normalized spacial score (nSPS) is 30.1. The van der Waals surface area contributed by atoms with E-state index in [1.807, 2.05) is 0 Å². The molecule has 4 bridgehead atoms. The highest BCUT2D eigenvalue weighted by Crippen LogP contribution is 2.53. The number of benzene rings is 2. The minimum absolute atomic E-state index is 0.0614. The molecule has 0 radical (unpaired) electrons. The lowest BCUT2D eigenvalue weighted by Crippen LogP contribution is -2.70. The van der Waals surface area contributed by atoms with Gasteiger partial charge >= 0.3 is 11.4 Å². The average Bonchev–Trinajstić information content (AvgIpc) is 2.65. The van der Waals surface area contributed by atoms with Crippen LogP contribution in [0.25, 0.3) is 0 Å². The fourth-order valence-corrected chi connectivity index (χ4v) is 4.26. The number of aromatic hydroxyl groups is 2. The van der Waals surface area contributed by atoms with E-state index in [2.05, 4.69) is 0 Å². The van der Waals surface area contributed by atoms with Gasteiger partial charge in [0.1, 0.15) is 11.5 Å². The lowest BCUT2D eigenvalue weighted by atomic mass is 9.84. The predicted molar refractivity (Wildman–Crippen MR) is 101 cm³/mol. The lowest BCUT2D eigenvalue weighted by molar-refractivity contribution is -0.528. The van der Waals surface area contributed by atoms with Gasteiger partial charge in [0.05, 0.1) is 22.4 Å². The van der Waals surface area contributed by atoms with Crippen molar-refractivity contribution in [1.82, 2.24) is 0 Å². The Morgan fingerprint density at radius 2 is 1.34 bits per heavy atom. The smallest absolute Gasteiger partial charge is 0.310 e. The SMILES string of the molecule is O=[N+]([O-])c1ccc(OC23CC4CC(Oc5ccc([N+](=O)[O-])c(O)c5)(C2)OC(O4)O3)cc1O. The van der Waals surface area contributed by atoms with Gasteiger partial charge in [-0.05, 0) is 12.1 Å². The number of rotatable bonds is 6. The van der Waals surface area contributed by atoms with Crippen molar-refractivity contribution in [3.05, 3.63) is 56.6 Å². The molecular weight excluding hydrogens is 432 g/mol. The molecule has 0 spiro atoms. The minimum atomic E-state index is -1.27. The molecular formula is C19H16N2O11. The fourth-order valence-electron chi connectivity index (χ4n) is 4.26. The summed E-state index contributed by atoms with van der Waals surface area (Å²) in [6.45, 7) is -1.12. The number of hydrogen-bond acceptors (Lipinski definition) is 11. The lowest BCUT2D eigenvalue weighted by Gasteiger charge is -2.58. The fraction of sp³-hybridized carbons (Fsp3) is 0.368. The van der Waals surface area contributed by atoms with E-state index < -0.39 is 50.8 Å². The molecule has 2 atom stereocenters. The van der Waals surface area contributed by atoms with Gasteiger partial charge in [-0.15, -0.1) is 0 Å². The van der Waals surface area contributed by atoms with Crippen molar-refractivity contribution >= 4 is 11.4 Å². The van der Waals surface area contributed by atoms with Crippen molar-refractivity contribution in [2.45, 2.75) is 43.4 Å². The Bertz CT molecular complexity index is 1020. The maximum Gasteiger partial charge on any atom is 0.310 e. The van der Waals surface area contributed by atoms with Gasteiger partial charge in [0.15, 0.2) is 11.5 Å². The third kappa shape index (κ3) is 3.41. The Morgan fingerprint density at radius 3 is 1.72 bits per heavy atom. The minimum Gasteiger partial charge on any atom is -0.502 e. The van der Waals surface area contributed by atoms with Crippen molar-refractivity contribution in [3.63, 3.8) is 0 Å². The van der Waals surface area contributed by atoms with E-state index in [0.29, 0.717) is 12.8 Å². The molecule has 2 unspecified atom stereocenters. The number of nitrogens with zero attached hydrogens (tertiary/aromatic N) is 2. The molecule has 168 valence electrons. The summed E-state index contributed by atoms with van der Waals surface area (Å²) < 4.78 is 29.1. The summed E-state index contributed by atoms with van der Waals surface area (Å²) >= 11 is 0. The Balaban J connectivity index is 1.41. The molecule has 0 amide bonds. The molecule has 6 rings (SSSR count). The zero-order chi connectivity index (χ0) is 22.7. The van der Waals surface area contributed by atoms with Crippen molar-refractivity contribution in [1.29, 1.82) is 0 Å². The first-order valence-electron chi connectivity index (χ1n) is 9.50. The molecule has 3 saturated heterocycles. The van der Waals surface area contributed by atoms with Crippen LogP contribution in [0, 0.1) is 20.2 Å². The van der Waals surface area contributed by atoms with E-state index in [-0.39, 0.29) is 24.0 Å². The van der Waals surface area contributed by atoms with E-state index in [1.54, 1.807) is 0 Å². The first-order chi connectivity index (χ1) is 15.2. The van der Waals surface area contributed by atoms with Crippen LogP contribution in [0.4, 0.5) is 11.4 Å². The molecule has 3 heterocycles. The molecule has 13 nitrogen and oxygen atoms in total. The Hall–Kier alpha value is -3.68. The number of nitro benzene ring substituents is 2. The standard InChI is InChI=1S/C19H16N2O11/c22-15-5-10(1-3-13(15)20(24)25)29-18-7-12-8-19(9-18,32-17(28-12)31-18)30-11-2-4-14(21(26)27)16(23)6-11/h1-6,12,17,22-23H,7-9H2. The van der Waals surface area contributed by atoms with E-state index in [1.165, 1.54) is 12.1 Å². The Morgan fingerprint density at radius 1 is 0.875 bits per heavy atom. The highest BCUT2D eigenvalue weighted by atomic mass is 16.9. The van der Waals surface area contributed by atoms with Crippen LogP contribution in [0.3, 0.4) is 0 Å². The molecule has 13 heteroatoms. The molecule has 2 N–H and O–H groups in total. The van der Waals surface area contributed by atoms with Crippen LogP contribution in [-0.4, -0.2) is 44.2 Å². The van der Waals surface area contributed by atoms with Gasteiger partial charge in [-0.3, -0.25) is 29.7 Å². The number of ether oxygens (including phenoxy) is 5. The van der Waals surface area contributed by atoms with Gasteiger partial charge in [0.25, 0.3) is 6.48 Å². The maximum atomic E-state index is 10.9. The highest BCUT2D eigenvalue weighted by Gasteiger charge is 2.64. The summed E-state index contributed by atoms with van der Waals surface area (Å²) in [4.78, 5) is 20.4. The van der Waals surface area contributed by atoms with E-state index in [0.717, 1.165) is 24.3 Å². The van der Waals surface area contributed by atoms with Crippen LogP contribution in [0.15, 0.2) is 36.4 Å². The molecule has 32 heavy (non-hydrogen) atoms. The van der Waals surface area contributed by atoms with Gasteiger partial charge in [-0.2, -0.15) is 0 Å². The van der Waals surface area contributed by atoms with Crippen molar-refractivity contribution in [3.8, 4) is 23.0 Å². The summed E-state index contributed by atoms with van der Waals surface area (Å²) in [6, 6.07) is 7.13. The summed E-state index contributed by atoms with van der Waals surface area (Å²) in [5, 5.41) is 41.6. The number of nitro groups is 2. The first-order valence-corrected chi connectivity index (χ1v) is 9.50. The number of phenols is 2. The van der Waals surface area contributed by atoms with Crippen LogP contribution in [0.1, 0.15) is 19.3 Å². The molecule has 0 aromatic heterocycles. The van der Waals surface area contributed by atoms with Crippen molar-refractivity contribution < 1.29 is 43.7 Å². The van der Waals surface area contributed by atoms with Crippen molar-refractivity contribution in [2.24, 2.45) is 0 Å². The third-order valence-electron chi connectivity index (χ3n) is 5.44. The second-order valence-electron chi connectivity index (χ2n) is 7.71.